The molecule has 0 unspecified atom stereocenters. The van der Waals surface area contributed by atoms with Crippen molar-refractivity contribution in [1.82, 2.24) is 10.6 Å². The van der Waals surface area contributed by atoms with Crippen molar-refractivity contribution >= 4 is 11.8 Å². The Morgan fingerprint density at radius 1 is 1.25 bits per heavy atom. The first-order valence-electron chi connectivity index (χ1n) is 6.56. The Hall–Kier alpha value is -2.14. The molecule has 1 aliphatic rings. The van der Waals surface area contributed by atoms with Crippen molar-refractivity contribution in [2.45, 2.75) is 12.5 Å². The number of benzene rings is 1. The Morgan fingerprint density at radius 2 is 1.95 bits per heavy atom. The van der Waals surface area contributed by atoms with Crippen LogP contribution in [0.4, 0.5) is 0 Å². The lowest BCUT2D eigenvalue weighted by molar-refractivity contribution is 0.0941. The van der Waals surface area contributed by atoms with Gasteiger partial charge in [0.1, 0.15) is 0 Å². The molecule has 0 aliphatic heterocycles. The van der Waals surface area contributed by atoms with Crippen LogP contribution < -0.4 is 10.6 Å². The van der Waals surface area contributed by atoms with Gasteiger partial charge >= 0.3 is 0 Å². The standard InChI is InChI=1S/C15H18N2O3/c1-16-14(19)11-3-2-4-12(8-11)15(20)17-13-6-5-10(7-13)9-18/h2-6,8,10,13,18H,7,9H2,1H3,(H,16,19)(H,17,20)/t10-,13+/m0/s1. The summed E-state index contributed by atoms with van der Waals surface area (Å²) < 4.78 is 0. The highest BCUT2D eigenvalue weighted by atomic mass is 16.3. The number of carbonyl (C=O) groups excluding carboxylic acids is 2. The second-order valence-corrected chi connectivity index (χ2v) is 4.80. The van der Waals surface area contributed by atoms with Gasteiger partial charge in [-0.3, -0.25) is 9.59 Å². The Bertz CT molecular complexity index is 540. The van der Waals surface area contributed by atoms with Crippen molar-refractivity contribution < 1.29 is 14.7 Å². The van der Waals surface area contributed by atoms with Crippen molar-refractivity contribution in [3.8, 4) is 0 Å². The lowest BCUT2D eigenvalue weighted by Gasteiger charge is -2.13. The van der Waals surface area contributed by atoms with Gasteiger partial charge in [0.2, 0.25) is 0 Å². The van der Waals surface area contributed by atoms with Crippen LogP contribution >= 0.6 is 0 Å². The van der Waals surface area contributed by atoms with Crippen LogP contribution in [-0.4, -0.2) is 36.6 Å². The highest BCUT2D eigenvalue weighted by molar-refractivity contribution is 5.99. The highest BCUT2D eigenvalue weighted by Crippen LogP contribution is 2.17. The quantitative estimate of drug-likeness (QED) is 0.708. The molecule has 1 aromatic carbocycles. The van der Waals surface area contributed by atoms with Crippen LogP contribution in [0.2, 0.25) is 0 Å². The minimum atomic E-state index is -0.222. The first-order chi connectivity index (χ1) is 9.63. The molecule has 0 saturated heterocycles. The molecule has 0 heterocycles. The Morgan fingerprint density at radius 3 is 2.55 bits per heavy atom. The lowest BCUT2D eigenvalue weighted by Crippen LogP contribution is -2.33. The molecule has 20 heavy (non-hydrogen) atoms. The molecule has 0 aromatic heterocycles. The van der Waals surface area contributed by atoms with E-state index < -0.39 is 0 Å². The predicted molar refractivity (Wildman–Crippen MR) is 75.4 cm³/mol. The van der Waals surface area contributed by atoms with E-state index in [9.17, 15) is 9.59 Å². The average Bonchev–Trinajstić information content (AvgIpc) is 2.94. The zero-order chi connectivity index (χ0) is 14.5. The third kappa shape index (κ3) is 3.24. The molecule has 3 N–H and O–H groups in total. The maximum absolute atomic E-state index is 12.1. The normalized spacial score (nSPS) is 20.7. The van der Waals surface area contributed by atoms with E-state index in [4.69, 9.17) is 5.11 Å². The lowest BCUT2D eigenvalue weighted by atomic mass is 10.1. The number of carbonyl (C=O) groups is 2. The fourth-order valence-electron chi connectivity index (χ4n) is 2.21. The molecule has 0 spiro atoms. The van der Waals surface area contributed by atoms with Crippen LogP contribution in [0.1, 0.15) is 27.1 Å². The summed E-state index contributed by atoms with van der Waals surface area (Å²) in [6.45, 7) is 0.0923. The molecule has 1 aromatic rings. The molecule has 2 rings (SSSR count). The SMILES string of the molecule is CNC(=O)c1cccc(C(=O)N[C@@H]2C=C[C@H](CO)C2)c1. The molecule has 0 bridgehead atoms. The van der Waals surface area contributed by atoms with Gasteiger partial charge in [-0.15, -0.1) is 0 Å². The van der Waals surface area contributed by atoms with Crippen LogP contribution in [0.3, 0.4) is 0 Å². The number of hydrogen-bond donors (Lipinski definition) is 3. The molecular formula is C15H18N2O3. The fraction of sp³-hybridized carbons (Fsp3) is 0.333. The van der Waals surface area contributed by atoms with Crippen molar-refractivity contribution in [1.29, 1.82) is 0 Å². The van der Waals surface area contributed by atoms with Crippen LogP contribution in [0.25, 0.3) is 0 Å². The van der Waals surface area contributed by atoms with E-state index in [2.05, 4.69) is 10.6 Å². The van der Waals surface area contributed by atoms with E-state index in [1.165, 1.54) is 0 Å². The zero-order valence-electron chi connectivity index (χ0n) is 11.3. The van der Waals surface area contributed by atoms with Crippen molar-refractivity contribution in [3.05, 3.63) is 47.5 Å². The van der Waals surface area contributed by atoms with Crippen molar-refractivity contribution in [3.63, 3.8) is 0 Å². The summed E-state index contributed by atoms with van der Waals surface area (Å²) in [5.74, 6) is -0.331. The van der Waals surface area contributed by atoms with E-state index in [0.717, 1.165) is 0 Å². The summed E-state index contributed by atoms with van der Waals surface area (Å²) in [6, 6.07) is 6.51. The number of amides is 2. The highest BCUT2D eigenvalue weighted by Gasteiger charge is 2.20. The summed E-state index contributed by atoms with van der Waals surface area (Å²) >= 11 is 0. The number of nitrogens with one attached hydrogen (secondary N) is 2. The molecule has 0 radical (unpaired) electrons. The third-order valence-electron chi connectivity index (χ3n) is 3.34. The summed E-state index contributed by atoms with van der Waals surface area (Å²) in [5, 5.41) is 14.5. The zero-order valence-corrected chi connectivity index (χ0v) is 11.3. The Balaban J connectivity index is 2.03. The maximum Gasteiger partial charge on any atom is 0.251 e. The number of rotatable bonds is 4. The smallest absolute Gasteiger partial charge is 0.251 e. The van der Waals surface area contributed by atoms with E-state index >= 15 is 0 Å². The first-order valence-corrected chi connectivity index (χ1v) is 6.56. The van der Waals surface area contributed by atoms with Crippen LogP contribution in [-0.2, 0) is 0 Å². The Kier molecular flexibility index (Phi) is 4.53. The van der Waals surface area contributed by atoms with Crippen molar-refractivity contribution in [2.75, 3.05) is 13.7 Å². The Labute approximate surface area is 117 Å². The summed E-state index contributed by atoms with van der Waals surface area (Å²) in [6.07, 6.45) is 4.50. The second kappa shape index (κ2) is 6.34. The molecule has 0 saturated carbocycles. The van der Waals surface area contributed by atoms with Gasteiger partial charge in [-0.25, -0.2) is 0 Å². The molecule has 5 heteroatoms. The second-order valence-electron chi connectivity index (χ2n) is 4.80. The van der Waals surface area contributed by atoms with E-state index in [1.807, 2.05) is 12.2 Å². The summed E-state index contributed by atoms with van der Waals surface area (Å²) in [5.41, 5.74) is 0.905. The minimum absolute atomic E-state index is 0.0664. The minimum Gasteiger partial charge on any atom is -0.396 e. The third-order valence-corrected chi connectivity index (χ3v) is 3.34. The van der Waals surface area contributed by atoms with Gasteiger partial charge in [0.05, 0.1) is 0 Å². The predicted octanol–water partition coefficient (Wildman–Crippen LogP) is 0.713. The van der Waals surface area contributed by atoms with Gasteiger partial charge in [-0.1, -0.05) is 18.2 Å². The fourth-order valence-corrected chi connectivity index (χ4v) is 2.21. The molecule has 5 nitrogen and oxygen atoms in total. The van der Waals surface area contributed by atoms with Crippen LogP contribution in [0.15, 0.2) is 36.4 Å². The summed E-state index contributed by atoms with van der Waals surface area (Å²) in [4.78, 5) is 23.7. The van der Waals surface area contributed by atoms with Gasteiger partial charge in [-0.05, 0) is 24.6 Å². The molecule has 0 fully saturated rings. The molecular weight excluding hydrogens is 256 g/mol. The van der Waals surface area contributed by atoms with Gasteiger partial charge in [-0.2, -0.15) is 0 Å². The first kappa shape index (κ1) is 14.3. The maximum atomic E-state index is 12.1. The monoisotopic (exact) mass is 274 g/mol. The van der Waals surface area contributed by atoms with E-state index in [-0.39, 0.29) is 30.4 Å². The molecule has 106 valence electrons. The number of aliphatic hydroxyl groups is 1. The number of aliphatic hydroxyl groups excluding tert-OH is 1. The molecule has 2 amide bonds. The largest absolute Gasteiger partial charge is 0.396 e. The van der Waals surface area contributed by atoms with Gasteiger partial charge in [0, 0.05) is 36.7 Å². The van der Waals surface area contributed by atoms with Crippen LogP contribution in [0.5, 0.6) is 0 Å². The van der Waals surface area contributed by atoms with E-state index in [1.54, 1.807) is 31.3 Å². The van der Waals surface area contributed by atoms with Crippen molar-refractivity contribution in [2.24, 2.45) is 5.92 Å². The van der Waals surface area contributed by atoms with E-state index in [0.29, 0.717) is 17.5 Å². The summed E-state index contributed by atoms with van der Waals surface area (Å²) in [7, 11) is 1.55. The number of hydrogen-bond acceptors (Lipinski definition) is 3. The molecule has 1 aliphatic carbocycles. The van der Waals surface area contributed by atoms with Gasteiger partial charge < -0.3 is 15.7 Å². The van der Waals surface area contributed by atoms with Gasteiger partial charge in [0.25, 0.3) is 11.8 Å². The van der Waals surface area contributed by atoms with Crippen LogP contribution in [0, 0.1) is 5.92 Å². The van der Waals surface area contributed by atoms with Gasteiger partial charge in [0.15, 0.2) is 0 Å². The molecule has 2 atom stereocenters. The topological polar surface area (TPSA) is 78.4 Å². The average molecular weight is 274 g/mol.